The van der Waals surface area contributed by atoms with Gasteiger partial charge in [0, 0.05) is 28.3 Å². The fraction of sp³-hybridized carbons (Fsp3) is 0.0769. The molecule has 0 fully saturated rings. The SMILES string of the molecule is COc1cc(-n2cc3ccc(Br)cc3n2)ccn1. The normalized spacial score (nSPS) is 10.8. The maximum atomic E-state index is 5.11. The molecule has 0 aliphatic rings. The van der Waals surface area contributed by atoms with Crippen LogP contribution in [0.5, 0.6) is 5.88 Å². The number of aromatic nitrogens is 3. The van der Waals surface area contributed by atoms with E-state index in [0.29, 0.717) is 5.88 Å². The van der Waals surface area contributed by atoms with Crippen molar-refractivity contribution in [2.75, 3.05) is 7.11 Å². The Labute approximate surface area is 112 Å². The van der Waals surface area contributed by atoms with Crippen LogP contribution in [0, 0.1) is 0 Å². The number of pyridine rings is 1. The van der Waals surface area contributed by atoms with Crippen LogP contribution in [0.25, 0.3) is 16.6 Å². The fourth-order valence-corrected chi connectivity index (χ4v) is 2.12. The van der Waals surface area contributed by atoms with Crippen LogP contribution in [-0.2, 0) is 0 Å². The predicted molar refractivity (Wildman–Crippen MR) is 73.1 cm³/mol. The van der Waals surface area contributed by atoms with E-state index in [0.717, 1.165) is 21.1 Å². The highest BCUT2D eigenvalue weighted by molar-refractivity contribution is 9.10. The quantitative estimate of drug-likeness (QED) is 0.730. The van der Waals surface area contributed by atoms with Crippen molar-refractivity contribution in [1.29, 1.82) is 0 Å². The van der Waals surface area contributed by atoms with E-state index in [1.165, 1.54) is 0 Å². The first-order valence-corrected chi connectivity index (χ1v) is 6.21. The number of benzene rings is 1. The zero-order chi connectivity index (χ0) is 12.5. The maximum Gasteiger partial charge on any atom is 0.215 e. The first-order chi connectivity index (χ1) is 8.76. The third-order valence-electron chi connectivity index (χ3n) is 2.66. The number of hydrogen-bond acceptors (Lipinski definition) is 3. The second-order valence-corrected chi connectivity index (χ2v) is 4.75. The van der Waals surface area contributed by atoms with Crippen molar-refractivity contribution in [3.8, 4) is 11.6 Å². The van der Waals surface area contributed by atoms with Gasteiger partial charge in [-0.15, -0.1) is 0 Å². The Balaban J connectivity index is 2.13. The molecule has 0 amide bonds. The summed E-state index contributed by atoms with van der Waals surface area (Å²) in [5.41, 5.74) is 1.87. The van der Waals surface area contributed by atoms with Gasteiger partial charge in [-0.05, 0) is 18.2 Å². The third kappa shape index (κ3) is 1.97. The number of hydrogen-bond donors (Lipinski definition) is 0. The molecule has 0 bridgehead atoms. The van der Waals surface area contributed by atoms with Crippen LogP contribution in [0.2, 0.25) is 0 Å². The first kappa shape index (κ1) is 11.2. The van der Waals surface area contributed by atoms with Crippen molar-refractivity contribution in [2.24, 2.45) is 0 Å². The number of halogens is 1. The lowest BCUT2D eigenvalue weighted by molar-refractivity contribution is 0.397. The maximum absolute atomic E-state index is 5.11. The molecule has 2 aromatic heterocycles. The van der Waals surface area contributed by atoms with Gasteiger partial charge in [-0.2, -0.15) is 5.10 Å². The van der Waals surface area contributed by atoms with Crippen molar-refractivity contribution in [1.82, 2.24) is 14.8 Å². The molecule has 0 N–H and O–H groups in total. The van der Waals surface area contributed by atoms with Crippen LogP contribution in [0.1, 0.15) is 0 Å². The molecule has 0 aliphatic carbocycles. The van der Waals surface area contributed by atoms with Crippen LogP contribution in [0.3, 0.4) is 0 Å². The summed E-state index contributed by atoms with van der Waals surface area (Å²) < 4.78 is 7.95. The van der Waals surface area contributed by atoms with Crippen molar-refractivity contribution in [3.63, 3.8) is 0 Å². The van der Waals surface area contributed by atoms with Crippen LogP contribution in [0.4, 0.5) is 0 Å². The number of fused-ring (bicyclic) bond motifs is 1. The Morgan fingerprint density at radius 3 is 2.94 bits per heavy atom. The van der Waals surface area contributed by atoms with Gasteiger partial charge in [0.2, 0.25) is 5.88 Å². The van der Waals surface area contributed by atoms with Crippen molar-refractivity contribution < 1.29 is 4.74 Å². The molecular formula is C13H10BrN3O. The topological polar surface area (TPSA) is 39.9 Å². The summed E-state index contributed by atoms with van der Waals surface area (Å²) in [7, 11) is 1.60. The Morgan fingerprint density at radius 1 is 1.22 bits per heavy atom. The lowest BCUT2D eigenvalue weighted by atomic mass is 10.3. The Bertz CT molecular complexity index is 708. The molecule has 18 heavy (non-hydrogen) atoms. The molecule has 0 radical (unpaired) electrons. The van der Waals surface area contributed by atoms with Crippen molar-refractivity contribution in [3.05, 3.63) is 47.2 Å². The molecule has 1 aromatic carbocycles. The van der Waals surface area contributed by atoms with Gasteiger partial charge >= 0.3 is 0 Å². The van der Waals surface area contributed by atoms with Gasteiger partial charge in [0.25, 0.3) is 0 Å². The molecule has 4 nitrogen and oxygen atoms in total. The molecule has 0 aliphatic heterocycles. The molecule has 90 valence electrons. The van der Waals surface area contributed by atoms with Gasteiger partial charge in [-0.1, -0.05) is 22.0 Å². The minimum Gasteiger partial charge on any atom is -0.481 e. The van der Waals surface area contributed by atoms with E-state index in [1.54, 1.807) is 13.3 Å². The Morgan fingerprint density at radius 2 is 2.11 bits per heavy atom. The minimum atomic E-state index is 0.577. The summed E-state index contributed by atoms with van der Waals surface area (Å²) in [5, 5.41) is 5.61. The Hall–Kier alpha value is -1.88. The molecule has 0 saturated carbocycles. The summed E-state index contributed by atoms with van der Waals surface area (Å²) in [4.78, 5) is 4.08. The smallest absolute Gasteiger partial charge is 0.215 e. The number of nitrogens with zero attached hydrogens (tertiary/aromatic N) is 3. The average molecular weight is 304 g/mol. The van der Waals surface area contributed by atoms with E-state index in [-0.39, 0.29) is 0 Å². The predicted octanol–water partition coefficient (Wildman–Crippen LogP) is 3.19. The zero-order valence-electron chi connectivity index (χ0n) is 9.67. The molecule has 0 saturated heterocycles. The largest absolute Gasteiger partial charge is 0.481 e. The molecule has 5 heteroatoms. The Kier molecular flexibility index (Phi) is 2.76. The number of rotatable bonds is 2. The summed E-state index contributed by atoms with van der Waals surface area (Å²) >= 11 is 3.44. The van der Waals surface area contributed by atoms with E-state index in [2.05, 4.69) is 26.0 Å². The van der Waals surface area contributed by atoms with Crippen LogP contribution in [0.15, 0.2) is 47.2 Å². The summed E-state index contributed by atoms with van der Waals surface area (Å²) in [6.07, 6.45) is 3.69. The molecule has 0 atom stereocenters. The lowest BCUT2D eigenvalue weighted by Gasteiger charge is -2.02. The monoisotopic (exact) mass is 303 g/mol. The van der Waals surface area contributed by atoms with Gasteiger partial charge < -0.3 is 4.74 Å². The van der Waals surface area contributed by atoms with Gasteiger partial charge in [-0.25, -0.2) is 9.67 Å². The second-order valence-electron chi connectivity index (χ2n) is 3.83. The highest BCUT2D eigenvalue weighted by Gasteiger charge is 2.04. The van der Waals surface area contributed by atoms with Gasteiger partial charge in [0.05, 0.1) is 18.3 Å². The first-order valence-electron chi connectivity index (χ1n) is 5.41. The van der Waals surface area contributed by atoms with Crippen LogP contribution >= 0.6 is 15.9 Å². The molecule has 3 aromatic rings. The molecule has 0 spiro atoms. The lowest BCUT2D eigenvalue weighted by Crippen LogP contribution is -1.96. The molecule has 2 heterocycles. The van der Waals surface area contributed by atoms with Crippen molar-refractivity contribution in [2.45, 2.75) is 0 Å². The standard InChI is InChI=1S/C13H10BrN3O/c1-18-13-7-11(4-5-15-13)17-8-9-2-3-10(14)6-12(9)16-17/h2-8H,1H3. The molecule has 3 rings (SSSR count). The van der Waals surface area contributed by atoms with Gasteiger partial charge in [-0.3, -0.25) is 0 Å². The number of ether oxygens (including phenoxy) is 1. The fourth-order valence-electron chi connectivity index (χ4n) is 1.77. The van der Waals surface area contributed by atoms with Crippen molar-refractivity contribution >= 4 is 26.8 Å². The molecule has 0 unspecified atom stereocenters. The van der Waals surface area contributed by atoms with E-state index in [9.17, 15) is 0 Å². The molecular weight excluding hydrogens is 294 g/mol. The highest BCUT2D eigenvalue weighted by atomic mass is 79.9. The minimum absolute atomic E-state index is 0.577. The zero-order valence-corrected chi connectivity index (χ0v) is 11.3. The summed E-state index contributed by atoms with van der Waals surface area (Å²) in [6.45, 7) is 0. The summed E-state index contributed by atoms with van der Waals surface area (Å²) in [5.74, 6) is 0.577. The van der Waals surface area contributed by atoms with Crippen LogP contribution < -0.4 is 4.74 Å². The van der Waals surface area contributed by atoms with Crippen LogP contribution in [-0.4, -0.2) is 21.9 Å². The van der Waals surface area contributed by atoms with E-state index >= 15 is 0 Å². The number of methoxy groups -OCH3 is 1. The van der Waals surface area contributed by atoms with Gasteiger partial charge in [0.15, 0.2) is 0 Å². The average Bonchev–Trinajstić information content (AvgIpc) is 2.81. The third-order valence-corrected chi connectivity index (χ3v) is 3.15. The van der Waals surface area contributed by atoms with E-state index in [4.69, 9.17) is 4.74 Å². The highest BCUT2D eigenvalue weighted by Crippen LogP contribution is 2.21. The van der Waals surface area contributed by atoms with E-state index in [1.807, 2.05) is 41.2 Å². The van der Waals surface area contributed by atoms with Gasteiger partial charge in [0.1, 0.15) is 0 Å². The van der Waals surface area contributed by atoms with E-state index < -0.39 is 0 Å². The second kappa shape index (κ2) is 4.42. The summed E-state index contributed by atoms with van der Waals surface area (Å²) in [6, 6.07) is 9.76.